The van der Waals surface area contributed by atoms with Crippen molar-refractivity contribution in [1.82, 2.24) is 15.1 Å². The Balaban J connectivity index is 2.05. The zero-order valence-corrected chi connectivity index (χ0v) is 15.7. The third-order valence-electron chi connectivity index (χ3n) is 4.37. The number of ether oxygens (including phenoxy) is 1. The lowest BCUT2D eigenvalue weighted by Gasteiger charge is -2.30. The lowest BCUT2D eigenvalue weighted by Crippen LogP contribution is -2.39. The number of carbonyl (C=O) groups excluding carboxylic acids is 1. The number of carbonyl (C=O) groups is 1. The van der Waals surface area contributed by atoms with E-state index < -0.39 is 11.2 Å². The Labute approximate surface area is 148 Å². The van der Waals surface area contributed by atoms with Crippen molar-refractivity contribution in [3.05, 3.63) is 16.8 Å². The summed E-state index contributed by atoms with van der Waals surface area (Å²) < 4.78 is 42.7. The zero-order chi connectivity index (χ0) is 19.0. The SMILES string of the molecule is CC(C)N(C(=O)COc1nnc(C(F)(F)F)s1)C1=CC(C)C(C)(C)C1. The van der Waals surface area contributed by atoms with Crippen LogP contribution in [0.1, 0.15) is 46.0 Å². The first kappa shape index (κ1) is 19.7. The molecular formula is C16H22F3N3O2S. The van der Waals surface area contributed by atoms with E-state index in [1.165, 1.54) is 0 Å². The summed E-state index contributed by atoms with van der Waals surface area (Å²) in [5.41, 5.74) is 0.985. The summed E-state index contributed by atoms with van der Waals surface area (Å²) in [4.78, 5) is 14.2. The van der Waals surface area contributed by atoms with Gasteiger partial charge in [0.15, 0.2) is 6.61 Å². The van der Waals surface area contributed by atoms with E-state index in [2.05, 4.69) is 37.0 Å². The van der Waals surface area contributed by atoms with Gasteiger partial charge in [-0.15, -0.1) is 5.10 Å². The fourth-order valence-corrected chi connectivity index (χ4v) is 3.28. The smallest absolute Gasteiger partial charge is 0.445 e. The molecule has 0 saturated carbocycles. The Bertz CT molecular complexity index is 668. The third kappa shape index (κ3) is 4.50. The first-order chi connectivity index (χ1) is 11.4. The molecule has 0 fully saturated rings. The number of halogens is 3. The van der Waals surface area contributed by atoms with Gasteiger partial charge in [-0.05, 0) is 31.6 Å². The monoisotopic (exact) mass is 377 g/mol. The number of alkyl halides is 3. The molecule has 0 bridgehead atoms. The van der Waals surface area contributed by atoms with Crippen LogP contribution >= 0.6 is 11.3 Å². The predicted molar refractivity (Wildman–Crippen MR) is 88.0 cm³/mol. The standard InChI is InChI=1S/C16H22F3N3O2S/c1-9(2)22(11-6-10(3)15(4,5)7-11)12(23)8-24-14-21-20-13(25-14)16(17,18)19/h6,9-10H,7-8H2,1-5H3. The van der Waals surface area contributed by atoms with Crippen LogP contribution in [0.3, 0.4) is 0 Å². The molecule has 1 atom stereocenters. The lowest BCUT2D eigenvalue weighted by molar-refractivity contribution is -0.138. The second kappa shape index (κ2) is 6.93. The number of rotatable bonds is 5. The van der Waals surface area contributed by atoms with Crippen molar-refractivity contribution in [3.63, 3.8) is 0 Å². The maximum absolute atomic E-state index is 12.6. The van der Waals surface area contributed by atoms with Crippen molar-refractivity contribution in [2.75, 3.05) is 6.61 Å². The number of amides is 1. The molecule has 0 N–H and O–H groups in total. The molecule has 1 aromatic rings. The van der Waals surface area contributed by atoms with Gasteiger partial charge in [0.1, 0.15) is 0 Å². The van der Waals surface area contributed by atoms with E-state index in [4.69, 9.17) is 4.74 Å². The average Bonchev–Trinajstić information content (AvgIpc) is 3.01. The van der Waals surface area contributed by atoms with Gasteiger partial charge in [-0.1, -0.05) is 43.3 Å². The number of hydrogen-bond donors (Lipinski definition) is 0. The number of nitrogens with zero attached hydrogens (tertiary/aromatic N) is 3. The second-order valence-electron chi connectivity index (χ2n) is 7.13. The minimum absolute atomic E-state index is 0.0600. The highest BCUT2D eigenvalue weighted by molar-refractivity contribution is 7.13. The van der Waals surface area contributed by atoms with Crippen molar-refractivity contribution < 1.29 is 22.7 Å². The normalized spacial score (nSPS) is 19.9. The zero-order valence-electron chi connectivity index (χ0n) is 14.8. The minimum atomic E-state index is -4.57. The van der Waals surface area contributed by atoms with Crippen LogP contribution in [0, 0.1) is 11.3 Å². The van der Waals surface area contributed by atoms with Gasteiger partial charge in [-0.25, -0.2) is 0 Å². The molecule has 1 aliphatic rings. The molecule has 1 amide bonds. The van der Waals surface area contributed by atoms with E-state index in [0.29, 0.717) is 5.92 Å². The molecule has 1 aromatic heterocycles. The van der Waals surface area contributed by atoms with Crippen LogP contribution in [0.25, 0.3) is 0 Å². The molecule has 9 heteroatoms. The highest BCUT2D eigenvalue weighted by atomic mass is 32.1. The van der Waals surface area contributed by atoms with Crippen LogP contribution < -0.4 is 4.74 Å². The topological polar surface area (TPSA) is 55.3 Å². The number of allylic oxidation sites excluding steroid dienone is 2. The molecule has 0 spiro atoms. The molecular weight excluding hydrogens is 355 g/mol. The third-order valence-corrected chi connectivity index (χ3v) is 5.25. The van der Waals surface area contributed by atoms with Gasteiger partial charge in [0.2, 0.25) is 5.01 Å². The van der Waals surface area contributed by atoms with Crippen LogP contribution in [-0.4, -0.2) is 33.7 Å². The molecule has 1 aliphatic carbocycles. The van der Waals surface area contributed by atoms with Gasteiger partial charge in [0.25, 0.3) is 11.1 Å². The van der Waals surface area contributed by atoms with Gasteiger partial charge in [0, 0.05) is 11.7 Å². The van der Waals surface area contributed by atoms with E-state index in [0.717, 1.165) is 12.1 Å². The van der Waals surface area contributed by atoms with Crippen LogP contribution in [0.2, 0.25) is 0 Å². The second-order valence-corrected chi connectivity index (χ2v) is 8.07. The average molecular weight is 377 g/mol. The summed E-state index contributed by atoms with van der Waals surface area (Å²) in [6, 6.07) is -0.0800. The molecule has 0 aliphatic heterocycles. The van der Waals surface area contributed by atoms with Crippen LogP contribution in [-0.2, 0) is 11.0 Å². The summed E-state index contributed by atoms with van der Waals surface area (Å²) in [5.74, 6) is 0.0184. The Morgan fingerprint density at radius 1 is 1.44 bits per heavy atom. The highest BCUT2D eigenvalue weighted by Crippen LogP contribution is 2.43. The Morgan fingerprint density at radius 2 is 2.08 bits per heavy atom. The van der Waals surface area contributed by atoms with Gasteiger partial charge in [0.05, 0.1) is 0 Å². The molecule has 140 valence electrons. The molecule has 0 saturated heterocycles. The van der Waals surface area contributed by atoms with E-state index in [-0.39, 0.29) is 40.5 Å². The highest BCUT2D eigenvalue weighted by Gasteiger charge is 2.37. The van der Waals surface area contributed by atoms with Gasteiger partial charge in [-0.2, -0.15) is 13.2 Å². The van der Waals surface area contributed by atoms with Crippen molar-refractivity contribution in [3.8, 4) is 5.19 Å². The quantitative estimate of drug-likeness (QED) is 0.774. The number of aromatic nitrogens is 2. The molecule has 1 unspecified atom stereocenters. The Hall–Kier alpha value is -1.64. The first-order valence-electron chi connectivity index (χ1n) is 7.98. The lowest BCUT2D eigenvalue weighted by atomic mass is 9.82. The minimum Gasteiger partial charge on any atom is -0.459 e. The first-order valence-corrected chi connectivity index (χ1v) is 8.79. The molecule has 25 heavy (non-hydrogen) atoms. The number of hydrogen-bond acceptors (Lipinski definition) is 5. The summed E-state index contributed by atoms with van der Waals surface area (Å²) >= 11 is 0.280. The maximum atomic E-state index is 12.6. The van der Waals surface area contributed by atoms with Crippen molar-refractivity contribution in [2.45, 2.75) is 53.3 Å². The van der Waals surface area contributed by atoms with Crippen molar-refractivity contribution >= 4 is 17.2 Å². The van der Waals surface area contributed by atoms with Gasteiger partial charge >= 0.3 is 6.18 Å². The van der Waals surface area contributed by atoms with Crippen LogP contribution in [0.4, 0.5) is 13.2 Å². The summed E-state index contributed by atoms with van der Waals surface area (Å²) in [7, 11) is 0. The predicted octanol–water partition coefficient (Wildman–Crippen LogP) is 4.12. The Morgan fingerprint density at radius 3 is 2.52 bits per heavy atom. The van der Waals surface area contributed by atoms with E-state index in [9.17, 15) is 18.0 Å². The molecule has 5 nitrogen and oxygen atoms in total. The van der Waals surface area contributed by atoms with Gasteiger partial charge < -0.3 is 9.64 Å². The van der Waals surface area contributed by atoms with Crippen LogP contribution in [0.15, 0.2) is 11.8 Å². The van der Waals surface area contributed by atoms with Gasteiger partial charge in [-0.3, -0.25) is 4.79 Å². The summed E-state index contributed by atoms with van der Waals surface area (Å²) in [6.45, 7) is 9.78. The Kier molecular flexibility index (Phi) is 5.46. The van der Waals surface area contributed by atoms with Crippen molar-refractivity contribution in [2.24, 2.45) is 11.3 Å². The molecule has 1 heterocycles. The summed E-state index contributed by atoms with van der Waals surface area (Å²) in [5, 5.41) is 5.01. The fourth-order valence-electron chi connectivity index (χ4n) is 2.72. The van der Waals surface area contributed by atoms with E-state index >= 15 is 0 Å². The largest absolute Gasteiger partial charge is 0.459 e. The molecule has 2 rings (SSSR count). The molecule has 0 radical (unpaired) electrons. The molecule has 0 aromatic carbocycles. The summed E-state index contributed by atoms with van der Waals surface area (Å²) in [6.07, 6.45) is -1.73. The maximum Gasteiger partial charge on any atom is 0.445 e. The fraction of sp³-hybridized carbons (Fsp3) is 0.688. The van der Waals surface area contributed by atoms with Crippen LogP contribution in [0.5, 0.6) is 5.19 Å². The van der Waals surface area contributed by atoms with Crippen molar-refractivity contribution in [1.29, 1.82) is 0 Å². The van der Waals surface area contributed by atoms with E-state index in [1.54, 1.807) is 4.90 Å². The van der Waals surface area contributed by atoms with E-state index in [1.807, 2.05) is 13.8 Å².